The molecule has 1 aliphatic heterocycles. The number of carbonyl (C=O) groups is 1. The van der Waals surface area contributed by atoms with Gasteiger partial charge in [-0.1, -0.05) is 0 Å². The average molecular weight is 194 g/mol. The van der Waals surface area contributed by atoms with E-state index in [1.54, 1.807) is 10.9 Å². The minimum Gasteiger partial charge on any atom is -0.396 e. The highest BCUT2D eigenvalue weighted by atomic mass is 16.2. The Balaban J connectivity index is 2.29. The molecule has 0 spiro atoms. The Morgan fingerprint density at radius 2 is 2.50 bits per heavy atom. The Labute approximate surface area is 82.3 Å². The molecule has 1 amide bonds. The first-order valence-corrected chi connectivity index (χ1v) is 4.77. The predicted molar refractivity (Wildman–Crippen MR) is 52.7 cm³/mol. The van der Waals surface area contributed by atoms with E-state index in [1.807, 2.05) is 6.92 Å². The van der Waals surface area contributed by atoms with Gasteiger partial charge in [-0.3, -0.25) is 9.48 Å². The standard InChI is InChI=1S/C9H14N4O/c1-6-7(10)5-12-13(6)8-3-2-4-11-9(8)14/h5,8H,2-4,10H2,1H3,(H,11,14). The minimum atomic E-state index is -0.180. The fraction of sp³-hybridized carbons (Fsp3) is 0.556. The topological polar surface area (TPSA) is 72.9 Å². The summed E-state index contributed by atoms with van der Waals surface area (Å²) in [6.07, 6.45) is 3.43. The van der Waals surface area contributed by atoms with E-state index in [2.05, 4.69) is 10.4 Å². The van der Waals surface area contributed by atoms with Crippen molar-refractivity contribution < 1.29 is 4.79 Å². The van der Waals surface area contributed by atoms with E-state index in [0.29, 0.717) is 5.69 Å². The number of anilines is 1. The normalized spacial score (nSPS) is 22.1. The number of aromatic nitrogens is 2. The average Bonchev–Trinajstić information content (AvgIpc) is 2.49. The number of rotatable bonds is 1. The van der Waals surface area contributed by atoms with E-state index in [0.717, 1.165) is 25.1 Å². The van der Waals surface area contributed by atoms with Gasteiger partial charge in [0.2, 0.25) is 5.91 Å². The van der Waals surface area contributed by atoms with Crippen molar-refractivity contribution >= 4 is 11.6 Å². The zero-order chi connectivity index (χ0) is 10.1. The monoisotopic (exact) mass is 194 g/mol. The van der Waals surface area contributed by atoms with E-state index in [-0.39, 0.29) is 11.9 Å². The molecule has 2 rings (SSSR count). The van der Waals surface area contributed by atoms with Crippen molar-refractivity contribution in [3.63, 3.8) is 0 Å². The molecule has 5 nitrogen and oxygen atoms in total. The molecular weight excluding hydrogens is 180 g/mol. The van der Waals surface area contributed by atoms with Gasteiger partial charge in [-0.2, -0.15) is 5.10 Å². The highest BCUT2D eigenvalue weighted by Gasteiger charge is 2.25. The van der Waals surface area contributed by atoms with Gasteiger partial charge in [0, 0.05) is 6.54 Å². The molecular formula is C9H14N4O. The van der Waals surface area contributed by atoms with Gasteiger partial charge in [0.05, 0.1) is 17.6 Å². The Hall–Kier alpha value is -1.52. The van der Waals surface area contributed by atoms with Crippen molar-refractivity contribution in [3.8, 4) is 0 Å². The zero-order valence-electron chi connectivity index (χ0n) is 8.16. The number of nitrogen functional groups attached to an aromatic ring is 1. The lowest BCUT2D eigenvalue weighted by atomic mass is 10.1. The van der Waals surface area contributed by atoms with Crippen molar-refractivity contribution in [3.05, 3.63) is 11.9 Å². The molecule has 1 fully saturated rings. The number of nitrogens with zero attached hydrogens (tertiary/aromatic N) is 2. The van der Waals surface area contributed by atoms with Crippen LogP contribution in [-0.2, 0) is 4.79 Å². The Morgan fingerprint density at radius 3 is 3.07 bits per heavy atom. The summed E-state index contributed by atoms with van der Waals surface area (Å²) in [6.45, 7) is 2.65. The molecule has 1 atom stereocenters. The maximum Gasteiger partial charge on any atom is 0.244 e. The van der Waals surface area contributed by atoms with E-state index >= 15 is 0 Å². The van der Waals surface area contributed by atoms with Crippen LogP contribution < -0.4 is 11.1 Å². The molecule has 1 unspecified atom stereocenters. The molecule has 3 N–H and O–H groups in total. The summed E-state index contributed by atoms with van der Waals surface area (Å²) < 4.78 is 1.71. The maximum atomic E-state index is 11.5. The Kier molecular flexibility index (Phi) is 2.15. The number of nitrogens with two attached hydrogens (primary N) is 1. The smallest absolute Gasteiger partial charge is 0.244 e. The second kappa shape index (κ2) is 3.32. The van der Waals surface area contributed by atoms with Crippen molar-refractivity contribution in [2.45, 2.75) is 25.8 Å². The van der Waals surface area contributed by atoms with Gasteiger partial charge in [0.15, 0.2) is 0 Å². The van der Waals surface area contributed by atoms with Crippen molar-refractivity contribution in [2.75, 3.05) is 12.3 Å². The number of hydrogen-bond acceptors (Lipinski definition) is 3. The Bertz CT molecular complexity index is 358. The molecule has 0 bridgehead atoms. The molecule has 0 radical (unpaired) electrons. The third-order valence-corrected chi connectivity index (χ3v) is 2.63. The van der Waals surface area contributed by atoms with Crippen LogP contribution >= 0.6 is 0 Å². The summed E-state index contributed by atoms with van der Waals surface area (Å²) in [5, 5.41) is 6.95. The lowest BCUT2D eigenvalue weighted by Crippen LogP contribution is -2.38. The number of carbonyl (C=O) groups excluding carboxylic acids is 1. The molecule has 1 aliphatic rings. The first-order chi connectivity index (χ1) is 6.70. The molecule has 14 heavy (non-hydrogen) atoms. The lowest BCUT2D eigenvalue weighted by Gasteiger charge is -2.23. The SMILES string of the molecule is Cc1c(N)cnn1C1CCCNC1=O. The third-order valence-electron chi connectivity index (χ3n) is 2.63. The summed E-state index contributed by atoms with van der Waals surface area (Å²) in [5.41, 5.74) is 7.19. The summed E-state index contributed by atoms with van der Waals surface area (Å²) in [4.78, 5) is 11.5. The highest BCUT2D eigenvalue weighted by Crippen LogP contribution is 2.21. The van der Waals surface area contributed by atoms with Crippen molar-refractivity contribution in [1.82, 2.24) is 15.1 Å². The quantitative estimate of drug-likeness (QED) is 0.672. The second-order valence-electron chi connectivity index (χ2n) is 3.58. The van der Waals surface area contributed by atoms with E-state index < -0.39 is 0 Å². The summed E-state index contributed by atoms with van der Waals surface area (Å²) in [5.74, 6) is 0.0439. The van der Waals surface area contributed by atoms with Crippen molar-refractivity contribution in [1.29, 1.82) is 0 Å². The van der Waals surface area contributed by atoms with Crippen LogP contribution in [0.25, 0.3) is 0 Å². The number of amides is 1. The molecule has 0 aromatic carbocycles. The molecule has 1 aromatic rings. The van der Waals surface area contributed by atoms with Crippen LogP contribution in [0.1, 0.15) is 24.6 Å². The molecule has 1 aromatic heterocycles. The van der Waals surface area contributed by atoms with Crippen LogP contribution in [0.15, 0.2) is 6.20 Å². The molecule has 76 valence electrons. The molecule has 1 saturated heterocycles. The third kappa shape index (κ3) is 1.34. The van der Waals surface area contributed by atoms with Crippen LogP contribution in [0.5, 0.6) is 0 Å². The van der Waals surface area contributed by atoms with Gasteiger partial charge in [-0.05, 0) is 19.8 Å². The van der Waals surface area contributed by atoms with Crippen LogP contribution in [0.4, 0.5) is 5.69 Å². The predicted octanol–water partition coefficient (Wildman–Crippen LogP) is 0.225. The largest absolute Gasteiger partial charge is 0.396 e. The maximum absolute atomic E-state index is 11.5. The van der Waals surface area contributed by atoms with Crippen LogP contribution in [0, 0.1) is 6.92 Å². The van der Waals surface area contributed by atoms with E-state index in [4.69, 9.17) is 5.73 Å². The van der Waals surface area contributed by atoms with Gasteiger partial charge >= 0.3 is 0 Å². The van der Waals surface area contributed by atoms with Crippen LogP contribution in [0.3, 0.4) is 0 Å². The summed E-state index contributed by atoms with van der Waals surface area (Å²) >= 11 is 0. The molecule has 0 saturated carbocycles. The van der Waals surface area contributed by atoms with Gasteiger partial charge in [0.25, 0.3) is 0 Å². The molecule has 5 heteroatoms. The molecule has 0 aliphatic carbocycles. The van der Waals surface area contributed by atoms with Gasteiger partial charge < -0.3 is 11.1 Å². The first kappa shape index (κ1) is 9.05. The first-order valence-electron chi connectivity index (χ1n) is 4.77. The minimum absolute atomic E-state index is 0.0439. The fourth-order valence-corrected chi connectivity index (χ4v) is 1.74. The van der Waals surface area contributed by atoms with Crippen LogP contribution in [0.2, 0.25) is 0 Å². The van der Waals surface area contributed by atoms with Crippen molar-refractivity contribution in [2.24, 2.45) is 0 Å². The van der Waals surface area contributed by atoms with Gasteiger partial charge in [-0.15, -0.1) is 0 Å². The fourth-order valence-electron chi connectivity index (χ4n) is 1.74. The Morgan fingerprint density at radius 1 is 1.71 bits per heavy atom. The summed E-state index contributed by atoms with van der Waals surface area (Å²) in [7, 11) is 0. The van der Waals surface area contributed by atoms with E-state index in [9.17, 15) is 4.79 Å². The van der Waals surface area contributed by atoms with E-state index in [1.165, 1.54) is 0 Å². The van der Waals surface area contributed by atoms with Gasteiger partial charge in [0.1, 0.15) is 6.04 Å². The summed E-state index contributed by atoms with van der Waals surface area (Å²) in [6, 6.07) is -0.180. The number of nitrogens with one attached hydrogen (secondary N) is 1. The molecule has 2 heterocycles. The number of piperidine rings is 1. The number of hydrogen-bond donors (Lipinski definition) is 2. The van der Waals surface area contributed by atoms with Crippen LogP contribution in [-0.4, -0.2) is 22.2 Å². The second-order valence-corrected chi connectivity index (χ2v) is 3.58. The zero-order valence-corrected chi connectivity index (χ0v) is 8.16. The van der Waals surface area contributed by atoms with Gasteiger partial charge in [-0.25, -0.2) is 0 Å². The highest BCUT2D eigenvalue weighted by molar-refractivity contribution is 5.81. The lowest BCUT2D eigenvalue weighted by molar-refractivity contribution is -0.126.